The van der Waals surface area contributed by atoms with Crippen molar-refractivity contribution in [3.05, 3.63) is 59.2 Å². The van der Waals surface area contributed by atoms with Crippen LogP contribution >= 0.6 is 11.3 Å². The van der Waals surface area contributed by atoms with Gasteiger partial charge in [0.05, 0.1) is 11.2 Å². The molecule has 0 aliphatic carbocycles. The van der Waals surface area contributed by atoms with Crippen LogP contribution in [-0.4, -0.2) is 9.97 Å². The lowest BCUT2D eigenvalue weighted by molar-refractivity contribution is 0.554. The summed E-state index contributed by atoms with van der Waals surface area (Å²) in [4.78, 5) is 9.26. The molecule has 0 aliphatic rings. The van der Waals surface area contributed by atoms with E-state index in [1.165, 1.54) is 4.88 Å². The molecule has 1 N–H and O–H groups in total. The number of rotatable bonds is 2. The Kier molecular flexibility index (Phi) is 4.90. The highest BCUT2D eigenvalue weighted by atomic mass is 32.1. The number of nitrogens with zero attached hydrogens (tertiary/aromatic N) is 2. The second kappa shape index (κ2) is 7.11. The molecule has 0 saturated heterocycles. The third kappa shape index (κ3) is 3.58. The highest BCUT2D eigenvalue weighted by Crippen LogP contribution is 2.32. The molecule has 128 valence electrons. The first-order valence-electron chi connectivity index (χ1n) is 7.97. The zero-order valence-corrected chi connectivity index (χ0v) is 14.9. The zero-order valence-electron chi connectivity index (χ0n) is 14.1. The van der Waals surface area contributed by atoms with Crippen LogP contribution in [0.3, 0.4) is 0 Å². The highest BCUT2D eigenvalue weighted by Gasteiger charge is 2.08. The fourth-order valence-electron chi connectivity index (χ4n) is 2.59. The molecule has 0 atom stereocenters. The van der Waals surface area contributed by atoms with Crippen molar-refractivity contribution in [1.29, 1.82) is 0 Å². The van der Waals surface area contributed by atoms with E-state index in [0.29, 0.717) is 5.69 Å². The number of fused-ring (bicyclic) bond motifs is 2. The van der Waals surface area contributed by atoms with Crippen molar-refractivity contribution >= 4 is 43.8 Å². The molecule has 25 heavy (non-hydrogen) atoms. The van der Waals surface area contributed by atoms with E-state index in [4.69, 9.17) is 0 Å². The Morgan fingerprint density at radius 2 is 1.84 bits per heavy atom. The average Bonchev–Trinajstić information content (AvgIpc) is 2.93. The SMILES string of the molecule is CC.Cc1cc2cc3nccc(Nc4cc(F)cc(F)n4)c3cc2s1. The van der Waals surface area contributed by atoms with E-state index in [2.05, 4.69) is 28.3 Å². The van der Waals surface area contributed by atoms with Crippen LogP contribution in [0.15, 0.2) is 42.6 Å². The first kappa shape index (κ1) is 17.2. The van der Waals surface area contributed by atoms with Gasteiger partial charge in [0.1, 0.15) is 11.6 Å². The molecule has 0 spiro atoms. The summed E-state index contributed by atoms with van der Waals surface area (Å²) in [5.41, 5.74) is 1.53. The van der Waals surface area contributed by atoms with Crippen LogP contribution in [0.2, 0.25) is 0 Å². The third-order valence-electron chi connectivity index (χ3n) is 3.52. The lowest BCUT2D eigenvalue weighted by Crippen LogP contribution is -1.98. The molecule has 0 amide bonds. The van der Waals surface area contributed by atoms with Gasteiger partial charge in [0.15, 0.2) is 0 Å². The van der Waals surface area contributed by atoms with Gasteiger partial charge in [0, 0.05) is 33.3 Å². The van der Waals surface area contributed by atoms with Crippen molar-refractivity contribution in [3.8, 4) is 0 Å². The van der Waals surface area contributed by atoms with Gasteiger partial charge in [0.25, 0.3) is 0 Å². The monoisotopic (exact) mass is 357 g/mol. The van der Waals surface area contributed by atoms with Crippen LogP contribution in [0.1, 0.15) is 18.7 Å². The van der Waals surface area contributed by atoms with Gasteiger partial charge in [-0.1, -0.05) is 13.8 Å². The van der Waals surface area contributed by atoms with Crippen molar-refractivity contribution < 1.29 is 8.78 Å². The number of thiophene rings is 1. The number of hydrogen-bond donors (Lipinski definition) is 1. The van der Waals surface area contributed by atoms with Crippen molar-refractivity contribution in [3.63, 3.8) is 0 Å². The van der Waals surface area contributed by atoms with Gasteiger partial charge >= 0.3 is 0 Å². The molecule has 0 unspecified atom stereocenters. The Labute approximate surface area is 148 Å². The molecule has 6 heteroatoms. The lowest BCUT2D eigenvalue weighted by Gasteiger charge is -2.09. The van der Waals surface area contributed by atoms with E-state index in [-0.39, 0.29) is 5.82 Å². The van der Waals surface area contributed by atoms with Crippen LogP contribution in [0.5, 0.6) is 0 Å². The maximum atomic E-state index is 13.3. The first-order valence-corrected chi connectivity index (χ1v) is 8.79. The molecular formula is C19H17F2N3S. The molecule has 0 aliphatic heterocycles. The summed E-state index contributed by atoms with van der Waals surface area (Å²) in [6.07, 6.45) is 1.66. The quantitative estimate of drug-likeness (QED) is 0.434. The number of halogens is 2. The molecule has 0 radical (unpaired) electrons. The van der Waals surface area contributed by atoms with Gasteiger partial charge in [-0.05, 0) is 36.6 Å². The van der Waals surface area contributed by atoms with E-state index in [1.807, 2.05) is 26.0 Å². The number of nitrogens with one attached hydrogen (secondary N) is 1. The number of benzene rings is 1. The van der Waals surface area contributed by atoms with E-state index >= 15 is 0 Å². The van der Waals surface area contributed by atoms with E-state index in [9.17, 15) is 8.78 Å². The summed E-state index contributed by atoms with van der Waals surface area (Å²) in [6.45, 7) is 6.06. The molecule has 4 aromatic rings. The molecule has 0 fully saturated rings. The smallest absolute Gasteiger partial charge is 0.217 e. The molecule has 3 heterocycles. The summed E-state index contributed by atoms with van der Waals surface area (Å²) in [5.74, 6) is -1.41. The van der Waals surface area contributed by atoms with Crippen molar-refractivity contribution in [2.75, 3.05) is 5.32 Å². The number of pyridine rings is 2. The summed E-state index contributed by atoms with van der Waals surface area (Å²) < 4.78 is 27.7. The Morgan fingerprint density at radius 3 is 2.60 bits per heavy atom. The van der Waals surface area contributed by atoms with Crippen molar-refractivity contribution in [2.45, 2.75) is 20.8 Å². The Balaban J connectivity index is 0.000000880. The van der Waals surface area contributed by atoms with Gasteiger partial charge in [-0.15, -0.1) is 11.3 Å². The largest absolute Gasteiger partial charge is 0.339 e. The normalized spacial score (nSPS) is 10.6. The van der Waals surface area contributed by atoms with Gasteiger partial charge < -0.3 is 5.32 Å². The topological polar surface area (TPSA) is 37.8 Å². The zero-order chi connectivity index (χ0) is 18.0. The number of aryl methyl sites for hydroxylation is 1. The molecular weight excluding hydrogens is 340 g/mol. The Bertz CT molecular complexity index is 1020. The van der Waals surface area contributed by atoms with Crippen LogP contribution in [0, 0.1) is 18.7 Å². The predicted molar refractivity (Wildman–Crippen MR) is 101 cm³/mol. The number of aromatic nitrogens is 2. The van der Waals surface area contributed by atoms with E-state index in [1.54, 1.807) is 23.6 Å². The third-order valence-corrected chi connectivity index (χ3v) is 4.54. The first-order chi connectivity index (χ1) is 12.1. The average molecular weight is 357 g/mol. The summed E-state index contributed by atoms with van der Waals surface area (Å²) in [6, 6.07) is 9.83. The van der Waals surface area contributed by atoms with Crippen LogP contribution in [0.4, 0.5) is 20.3 Å². The van der Waals surface area contributed by atoms with Crippen LogP contribution < -0.4 is 5.32 Å². The van der Waals surface area contributed by atoms with Gasteiger partial charge in [-0.3, -0.25) is 4.98 Å². The predicted octanol–water partition coefficient (Wildman–Crippen LogP) is 6.20. The second-order valence-corrected chi connectivity index (χ2v) is 6.53. The van der Waals surface area contributed by atoms with Gasteiger partial charge in [-0.2, -0.15) is 4.39 Å². The van der Waals surface area contributed by atoms with Crippen LogP contribution in [0.25, 0.3) is 21.0 Å². The van der Waals surface area contributed by atoms with Crippen molar-refractivity contribution in [1.82, 2.24) is 9.97 Å². The van der Waals surface area contributed by atoms with Crippen LogP contribution in [-0.2, 0) is 0 Å². The molecule has 0 bridgehead atoms. The van der Waals surface area contributed by atoms with Gasteiger partial charge in [-0.25, -0.2) is 9.37 Å². The maximum absolute atomic E-state index is 13.3. The fourth-order valence-corrected chi connectivity index (χ4v) is 3.53. The maximum Gasteiger partial charge on any atom is 0.217 e. The molecule has 0 saturated carbocycles. The van der Waals surface area contributed by atoms with E-state index in [0.717, 1.165) is 33.1 Å². The minimum Gasteiger partial charge on any atom is -0.339 e. The minimum atomic E-state index is -0.859. The molecule has 3 nitrogen and oxygen atoms in total. The molecule has 4 rings (SSSR count). The molecule has 3 aromatic heterocycles. The Hall–Kier alpha value is -2.60. The second-order valence-electron chi connectivity index (χ2n) is 5.24. The minimum absolute atomic E-state index is 0.123. The standard InChI is InChI=1S/C17H11F2N3S.C2H6/c1-9-4-10-5-14-12(8-15(10)23-9)13(2-3-20-14)21-17-7-11(18)6-16(19)22-17;1-2/h2-8H,1H3,(H,20,21,22);1-2H3. The summed E-state index contributed by atoms with van der Waals surface area (Å²) in [7, 11) is 0. The molecule has 1 aromatic carbocycles. The van der Waals surface area contributed by atoms with E-state index < -0.39 is 11.8 Å². The van der Waals surface area contributed by atoms with Crippen molar-refractivity contribution in [2.24, 2.45) is 0 Å². The Morgan fingerprint density at radius 1 is 1.04 bits per heavy atom. The number of hydrogen-bond acceptors (Lipinski definition) is 4. The lowest BCUT2D eigenvalue weighted by atomic mass is 10.1. The number of anilines is 2. The van der Waals surface area contributed by atoms with Gasteiger partial charge in [0.2, 0.25) is 5.95 Å². The fraction of sp³-hybridized carbons (Fsp3) is 0.158. The summed E-state index contributed by atoms with van der Waals surface area (Å²) in [5, 5.41) is 4.99. The highest BCUT2D eigenvalue weighted by molar-refractivity contribution is 7.19. The summed E-state index contributed by atoms with van der Waals surface area (Å²) >= 11 is 1.70.